The number of hydrogen-bond donors (Lipinski definition) is 2. The Balaban J connectivity index is 1.71. The highest BCUT2D eigenvalue weighted by molar-refractivity contribution is 5.97. The second-order valence-corrected chi connectivity index (χ2v) is 7.39. The Morgan fingerprint density at radius 1 is 0.909 bits per heavy atom. The fraction of sp³-hybridized carbons (Fsp3) is 0.333. The van der Waals surface area contributed by atoms with Crippen LogP contribution in [0.25, 0.3) is 0 Å². The van der Waals surface area contributed by atoms with Gasteiger partial charge in [-0.25, -0.2) is 0 Å². The van der Waals surface area contributed by atoms with Crippen LogP contribution in [0.1, 0.15) is 40.5 Å². The molecule has 2 rings (SSSR count). The molecule has 2 N–H and O–H groups in total. The molecular formula is C24H29N3O6. The number of esters is 1. The number of amides is 3. The highest BCUT2D eigenvalue weighted by atomic mass is 16.5. The summed E-state index contributed by atoms with van der Waals surface area (Å²) in [5.74, 6) is -1.21. The van der Waals surface area contributed by atoms with Crippen LogP contribution in [0.4, 0.5) is 5.69 Å². The van der Waals surface area contributed by atoms with E-state index in [2.05, 4.69) is 17.6 Å². The van der Waals surface area contributed by atoms with Gasteiger partial charge in [0.15, 0.2) is 6.61 Å². The second kappa shape index (κ2) is 12.8. The van der Waals surface area contributed by atoms with Crippen molar-refractivity contribution in [2.75, 3.05) is 39.2 Å². The monoisotopic (exact) mass is 455 g/mol. The van der Waals surface area contributed by atoms with Crippen molar-refractivity contribution in [1.29, 1.82) is 0 Å². The van der Waals surface area contributed by atoms with E-state index in [0.29, 0.717) is 29.2 Å². The molecule has 9 heteroatoms. The van der Waals surface area contributed by atoms with E-state index in [0.717, 1.165) is 12.8 Å². The van der Waals surface area contributed by atoms with E-state index in [-0.39, 0.29) is 12.5 Å². The third-order valence-electron chi connectivity index (χ3n) is 4.46. The van der Waals surface area contributed by atoms with Crippen molar-refractivity contribution in [2.24, 2.45) is 0 Å². The first-order valence-corrected chi connectivity index (χ1v) is 10.6. The summed E-state index contributed by atoms with van der Waals surface area (Å²) in [4.78, 5) is 49.3. The molecule has 0 bridgehead atoms. The van der Waals surface area contributed by atoms with Crippen LogP contribution in [0.3, 0.4) is 0 Å². The van der Waals surface area contributed by atoms with Gasteiger partial charge in [-0.3, -0.25) is 19.2 Å². The normalized spacial score (nSPS) is 10.2. The topological polar surface area (TPSA) is 114 Å². The Labute approximate surface area is 193 Å². The largest absolute Gasteiger partial charge is 0.494 e. The zero-order valence-electron chi connectivity index (χ0n) is 19.1. The molecule has 0 aliphatic rings. The minimum absolute atomic E-state index is 0.153. The summed E-state index contributed by atoms with van der Waals surface area (Å²) in [6.45, 7) is 1.81. The van der Waals surface area contributed by atoms with Crippen molar-refractivity contribution in [1.82, 2.24) is 10.2 Å². The van der Waals surface area contributed by atoms with Gasteiger partial charge in [0.25, 0.3) is 17.7 Å². The first-order valence-electron chi connectivity index (χ1n) is 10.6. The van der Waals surface area contributed by atoms with Crippen LogP contribution in [0.15, 0.2) is 48.5 Å². The van der Waals surface area contributed by atoms with Crippen LogP contribution in [-0.2, 0) is 14.3 Å². The van der Waals surface area contributed by atoms with E-state index in [1.807, 2.05) is 0 Å². The first kappa shape index (κ1) is 25.4. The van der Waals surface area contributed by atoms with E-state index < -0.39 is 24.4 Å². The average molecular weight is 456 g/mol. The molecule has 2 aromatic rings. The van der Waals surface area contributed by atoms with Crippen LogP contribution < -0.4 is 15.4 Å². The lowest BCUT2D eigenvalue weighted by Crippen LogP contribution is -2.32. The van der Waals surface area contributed by atoms with Crippen molar-refractivity contribution in [3.63, 3.8) is 0 Å². The lowest BCUT2D eigenvalue weighted by molar-refractivity contribution is -0.146. The van der Waals surface area contributed by atoms with Crippen molar-refractivity contribution in [3.05, 3.63) is 59.7 Å². The summed E-state index contributed by atoms with van der Waals surface area (Å²) in [6, 6.07) is 12.9. The maximum atomic E-state index is 12.2. The van der Waals surface area contributed by atoms with E-state index in [1.54, 1.807) is 62.6 Å². The van der Waals surface area contributed by atoms with Crippen LogP contribution in [0, 0.1) is 0 Å². The Bertz CT molecular complexity index is 955. The predicted octanol–water partition coefficient (Wildman–Crippen LogP) is 2.48. The molecule has 0 spiro atoms. The van der Waals surface area contributed by atoms with Gasteiger partial charge in [-0.2, -0.15) is 0 Å². The summed E-state index contributed by atoms with van der Waals surface area (Å²) < 4.78 is 10.4. The first-order chi connectivity index (χ1) is 15.8. The summed E-state index contributed by atoms with van der Waals surface area (Å²) >= 11 is 0. The molecule has 0 radical (unpaired) electrons. The fourth-order valence-electron chi connectivity index (χ4n) is 2.64. The highest BCUT2D eigenvalue weighted by Gasteiger charge is 2.12. The van der Waals surface area contributed by atoms with E-state index in [9.17, 15) is 19.2 Å². The average Bonchev–Trinajstić information content (AvgIpc) is 2.81. The van der Waals surface area contributed by atoms with Crippen molar-refractivity contribution in [2.45, 2.75) is 19.8 Å². The number of nitrogens with one attached hydrogen (secondary N) is 2. The number of carbonyl (C=O) groups is 4. The highest BCUT2D eigenvalue weighted by Crippen LogP contribution is 2.13. The number of nitrogens with zero attached hydrogens (tertiary/aromatic N) is 1. The predicted molar refractivity (Wildman–Crippen MR) is 123 cm³/mol. The zero-order valence-corrected chi connectivity index (χ0v) is 19.1. The molecule has 0 atom stereocenters. The lowest BCUT2D eigenvalue weighted by Gasteiger charge is -2.11. The molecule has 0 aliphatic heterocycles. The van der Waals surface area contributed by atoms with Crippen LogP contribution >= 0.6 is 0 Å². The minimum Gasteiger partial charge on any atom is -0.494 e. The Kier molecular flexibility index (Phi) is 9.88. The van der Waals surface area contributed by atoms with E-state index in [4.69, 9.17) is 9.47 Å². The Morgan fingerprint density at radius 3 is 2.15 bits per heavy atom. The molecule has 0 saturated heterocycles. The molecule has 0 saturated carbocycles. The molecule has 0 fully saturated rings. The van der Waals surface area contributed by atoms with Gasteiger partial charge in [-0.15, -0.1) is 0 Å². The van der Waals surface area contributed by atoms with Gasteiger partial charge < -0.3 is 25.0 Å². The molecule has 0 unspecified atom stereocenters. The molecule has 2 aromatic carbocycles. The number of ether oxygens (including phenoxy) is 2. The SMILES string of the molecule is CCCCOc1ccc(C(=O)NCC(=O)OCC(=O)Nc2ccc(C(=O)N(C)C)cc2)cc1. The maximum absolute atomic E-state index is 12.2. The molecular weight excluding hydrogens is 426 g/mol. The molecule has 0 aliphatic carbocycles. The van der Waals surface area contributed by atoms with Crippen LogP contribution in [0.2, 0.25) is 0 Å². The minimum atomic E-state index is -0.745. The summed E-state index contributed by atoms with van der Waals surface area (Å²) in [5.41, 5.74) is 1.32. The Morgan fingerprint density at radius 2 is 1.55 bits per heavy atom. The fourth-order valence-corrected chi connectivity index (χ4v) is 2.64. The van der Waals surface area contributed by atoms with Gasteiger partial charge in [-0.1, -0.05) is 13.3 Å². The number of anilines is 1. The van der Waals surface area contributed by atoms with Gasteiger partial charge in [0.05, 0.1) is 6.61 Å². The zero-order chi connectivity index (χ0) is 24.2. The molecule has 0 heterocycles. The maximum Gasteiger partial charge on any atom is 0.325 e. The van der Waals surface area contributed by atoms with Crippen LogP contribution in [-0.4, -0.2) is 62.4 Å². The van der Waals surface area contributed by atoms with Crippen molar-refractivity contribution >= 4 is 29.4 Å². The van der Waals surface area contributed by atoms with Gasteiger partial charge in [0, 0.05) is 30.9 Å². The summed E-state index contributed by atoms with van der Waals surface area (Å²) in [6.07, 6.45) is 1.98. The van der Waals surface area contributed by atoms with Gasteiger partial charge in [0.2, 0.25) is 0 Å². The molecule has 0 aromatic heterocycles. The van der Waals surface area contributed by atoms with E-state index >= 15 is 0 Å². The number of rotatable bonds is 11. The van der Waals surface area contributed by atoms with Crippen molar-refractivity contribution < 1.29 is 28.7 Å². The van der Waals surface area contributed by atoms with Gasteiger partial charge in [-0.05, 0) is 55.0 Å². The molecule has 33 heavy (non-hydrogen) atoms. The standard InChI is InChI=1S/C24H29N3O6/c1-4-5-14-32-20-12-8-17(9-13-20)23(30)25-15-22(29)33-16-21(28)26-19-10-6-18(7-11-19)24(31)27(2)3/h6-13H,4-5,14-16H2,1-3H3,(H,25,30)(H,26,28). The molecule has 176 valence electrons. The third-order valence-corrected chi connectivity index (χ3v) is 4.46. The molecule has 9 nitrogen and oxygen atoms in total. The second-order valence-electron chi connectivity index (χ2n) is 7.39. The Hall–Kier alpha value is -3.88. The number of benzene rings is 2. The quantitative estimate of drug-likeness (QED) is 0.398. The third kappa shape index (κ3) is 8.64. The van der Waals surface area contributed by atoms with Crippen LogP contribution in [0.5, 0.6) is 5.75 Å². The van der Waals surface area contributed by atoms with Gasteiger partial charge in [0.1, 0.15) is 12.3 Å². The number of hydrogen-bond acceptors (Lipinski definition) is 6. The molecule has 3 amide bonds. The number of unbranched alkanes of at least 4 members (excludes halogenated alkanes) is 1. The summed E-state index contributed by atoms with van der Waals surface area (Å²) in [7, 11) is 3.30. The van der Waals surface area contributed by atoms with Crippen molar-refractivity contribution in [3.8, 4) is 5.75 Å². The smallest absolute Gasteiger partial charge is 0.325 e. The van der Waals surface area contributed by atoms with E-state index in [1.165, 1.54) is 4.90 Å². The summed E-state index contributed by atoms with van der Waals surface area (Å²) in [5, 5.41) is 5.01. The van der Waals surface area contributed by atoms with Gasteiger partial charge >= 0.3 is 5.97 Å². The lowest BCUT2D eigenvalue weighted by atomic mass is 10.2. The number of carbonyl (C=O) groups excluding carboxylic acids is 4.